The second-order valence-electron chi connectivity index (χ2n) is 30.4. The lowest BCUT2D eigenvalue weighted by molar-refractivity contribution is 0.661. The van der Waals surface area contributed by atoms with E-state index in [4.69, 9.17) is 43.2 Å². The van der Waals surface area contributed by atoms with Gasteiger partial charge in [0.05, 0.1) is 61.7 Å². The van der Waals surface area contributed by atoms with E-state index < -0.39 is 0 Å². The first-order chi connectivity index (χ1) is 57.2. The second-order valence-corrected chi connectivity index (χ2v) is 30.4. The highest BCUT2D eigenvalue weighted by atomic mass is 16.3. The van der Waals surface area contributed by atoms with E-state index in [1.165, 1.54) is 54.9 Å². The highest BCUT2D eigenvalue weighted by Gasteiger charge is 2.36. The number of hydrogen-bond acceptors (Lipinski definition) is 9. The van der Waals surface area contributed by atoms with Gasteiger partial charge in [0.1, 0.15) is 33.5 Å². The number of hydrogen-bond donors (Lipinski definition) is 0. The van der Waals surface area contributed by atoms with Gasteiger partial charge in [0, 0.05) is 82.7 Å². The standard InChI is InChI=1S/C39H26N2O.C36H22N2O.C32H20N2O/c1-39(2)32-21-26(13-15-27(32)30-18-23-8-3-4-9-24(23)20-33(30)39)38-29-11-7-17-40-35(29)22-34(41-38)25-14-16-37-31(19-25)28-10-5-6-12-36(28)42-37;1-2-8-26-21-27(18-15-23(26)7-1)24-13-16-25(17-14-24)35-36(38-32-11-5-4-10-31(32)37-35)28-19-20-34-30(22-28)29-9-3-6-12-33(29)39-34;1-3-9-21(10-4-1)31-32(22-11-5-2-6-12-22)34-28-20-24(15-17-27(28)33-31)23-16-18-30-26(19-23)25-13-7-8-14-29(25)35-30/h3-22H,1-2H3;1-22H;1-20H. The minimum atomic E-state index is -0.121. The molecule has 116 heavy (non-hydrogen) atoms. The van der Waals surface area contributed by atoms with Crippen LogP contribution < -0.4 is 0 Å². The Balaban J connectivity index is 0.000000106. The van der Waals surface area contributed by atoms with Gasteiger partial charge in [-0.15, -0.1) is 0 Å². The largest absolute Gasteiger partial charge is 0.456 e. The van der Waals surface area contributed by atoms with Crippen LogP contribution in [-0.2, 0) is 5.41 Å². The quantitative estimate of drug-likeness (QED) is 0.147. The minimum Gasteiger partial charge on any atom is -0.456 e. The third-order valence-electron chi connectivity index (χ3n) is 23.0. The van der Waals surface area contributed by atoms with Crippen molar-refractivity contribution in [3.8, 4) is 101 Å². The van der Waals surface area contributed by atoms with Crippen molar-refractivity contribution in [2.45, 2.75) is 19.3 Å². The molecule has 0 fully saturated rings. The van der Waals surface area contributed by atoms with Crippen LogP contribution in [0.1, 0.15) is 25.0 Å². The summed E-state index contributed by atoms with van der Waals surface area (Å²) in [6, 6.07) is 129. The molecule has 0 bridgehead atoms. The van der Waals surface area contributed by atoms with Crippen LogP contribution >= 0.6 is 0 Å². The first-order valence-corrected chi connectivity index (χ1v) is 39.2. The van der Waals surface area contributed by atoms with Gasteiger partial charge in [0.15, 0.2) is 0 Å². The van der Waals surface area contributed by atoms with E-state index in [9.17, 15) is 0 Å². The maximum Gasteiger partial charge on any atom is 0.135 e. The molecule has 7 heterocycles. The summed E-state index contributed by atoms with van der Waals surface area (Å²) in [7, 11) is 0. The highest BCUT2D eigenvalue weighted by molar-refractivity contribution is 6.10. The molecule has 0 atom stereocenters. The van der Waals surface area contributed by atoms with E-state index in [-0.39, 0.29) is 5.41 Å². The van der Waals surface area contributed by atoms with Gasteiger partial charge in [-0.2, -0.15) is 0 Å². The summed E-state index contributed by atoms with van der Waals surface area (Å²) in [5.41, 5.74) is 31.3. The Bertz CT molecular complexity index is 7880. The molecule has 1 aliphatic carbocycles. The van der Waals surface area contributed by atoms with Crippen molar-refractivity contribution < 1.29 is 13.3 Å². The van der Waals surface area contributed by atoms with Gasteiger partial charge < -0.3 is 13.3 Å². The summed E-state index contributed by atoms with van der Waals surface area (Å²) < 4.78 is 18.2. The Kier molecular flexibility index (Phi) is 16.1. The molecule has 0 amide bonds. The Labute approximate surface area is 666 Å². The third kappa shape index (κ3) is 11.9. The van der Waals surface area contributed by atoms with Crippen molar-refractivity contribution in [2.75, 3.05) is 0 Å². The van der Waals surface area contributed by atoms with Crippen LogP contribution in [0.15, 0.2) is 389 Å². The van der Waals surface area contributed by atoms with Crippen molar-refractivity contribution in [2.24, 2.45) is 0 Å². The Morgan fingerprint density at radius 2 is 0.603 bits per heavy atom. The van der Waals surface area contributed by atoms with Crippen molar-refractivity contribution >= 4 is 120 Å². The van der Waals surface area contributed by atoms with E-state index in [0.717, 1.165) is 177 Å². The van der Waals surface area contributed by atoms with Gasteiger partial charge in [-0.3, -0.25) is 4.98 Å². The maximum absolute atomic E-state index is 6.09. The predicted octanol–water partition coefficient (Wildman–Crippen LogP) is 28.5. The average Bonchev–Trinajstić information content (AvgIpc) is 1.56. The first kappa shape index (κ1) is 67.6. The summed E-state index contributed by atoms with van der Waals surface area (Å²) in [6.07, 6.45) is 1.86. The molecule has 544 valence electrons. The van der Waals surface area contributed by atoms with Crippen molar-refractivity contribution in [3.05, 3.63) is 387 Å². The number of pyridine rings is 2. The fraction of sp³-hybridized carbons (Fsp3) is 0.0280. The zero-order valence-electron chi connectivity index (χ0n) is 63.2. The fourth-order valence-electron chi connectivity index (χ4n) is 17.1. The Morgan fingerprint density at radius 1 is 0.207 bits per heavy atom. The van der Waals surface area contributed by atoms with Crippen molar-refractivity contribution in [3.63, 3.8) is 0 Å². The number of rotatable bonds is 8. The van der Waals surface area contributed by atoms with Crippen molar-refractivity contribution in [1.82, 2.24) is 29.9 Å². The summed E-state index contributed by atoms with van der Waals surface area (Å²) >= 11 is 0. The molecule has 0 saturated carbocycles. The molecular weight excluding hydrogens is 1420 g/mol. The molecule has 0 spiro atoms. The van der Waals surface area contributed by atoms with Gasteiger partial charge in [-0.1, -0.05) is 250 Å². The zero-order chi connectivity index (χ0) is 77.0. The second kappa shape index (κ2) is 27.6. The number of furan rings is 3. The molecule has 0 aliphatic heterocycles. The van der Waals surface area contributed by atoms with Crippen LogP contribution in [0.5, 0.6) is 0 Å². The Hall–Kier alpha value is -15.3. The van der Waals surface area contributed by atoms with Gasteiger partial charge in [0.25, 0.3) is 0 Å². The van der Waals surface area contributed by atoms with Gasteiger partial charge >= 0.3 is 0 Å². The van der Waals surface area contributed by atoms with E-state index in [0.29, 0.717) is 0 Å². The lowest BCUT2D eigenvalue weighted by Gasteiger charge is -2.22. The number of aromatic nitrogens is 6. The molecule has 0 unspecified atom stereocenters. The molecule has 24 rings (SSSR count). The lowest BCUT2D eigenvalue weighted by Crippen LogP contribution is -2.15. The number of benzene rings is 16. The average molecular weight is 1490 g/mol. The van der Waals surface area contributed by atoms with Gasteiger partial charge in [0.2, 0.25) is 0 Å². The Morgan fingerprint density at radius 3 is 1.22 bits per heavy atom. The first-order valence-electron chi connectivity index (χ1n) is 39.2. The summed E-state index contributed by atoms with van der Waals surface area (Å²) in [6.45, 7) is 4.67. The molecule has 9 heteroatoms. The monoisotopic (exact) mass is 1480 g/mol. The van der Waals surface area contributed by atoms with Crippen molar-refractivity contribution in [1.29, 1.82) is 0 Å². The normalized spacial score (nSPS) is 12.3. The van der Waals surface area contributed by atoms with Crippen LogP contribution in [0.4, 0.5) is 0 Å². The molecule has 9 nitrogen and oxygen atoms in total. The lowest BCUT2D eigenvalue weighted by atomic mass is 9.81. The molecular formula is C107H68N6O3. The molecule has 23 aromatic rings. The fourth-order valence-corrected chi connectivity index (χ4v) is 17.1. The summed E-state index contributed by atoms with van der Waals surface area (Å²) in [5.74, 6) is 0. The van der Waals surface area contributed by atoms with E-state index in [2.05, 4.69) is 257 Å². The van der Waals surface area contributed by atoms with Gasteiger partial charge in [-0.25, -0.2) is 24.9 Å². The highest BCUT2D eigenvalue weighted by Crippen LogP contribution is 2.52. The maximum atomic E-state index is 6.09. The zero-order valence-corrected chi connectivity index (χ0v) is 63.2. The van der Waals surface area contributed by atoms with Crippen LogP contribution in [0.3, 0.4) is 0 Å². The third-order valence-corrected chi connectivity index (χ3v) is 23.0. The van der Waals surface area contributed by atoms with E-state index in [1.54, 1.807) is 0 Å². The summed E-state index contributed by atoms with van der Waals surface area (Å²) in [4.78, 5) is 30.5. The SMILES string of the molecule is CC1(C)c2cc(-c3nc(-c4ccc5oc6ccccc6c5c4)cc4ncccc34)ccc2-c2cc3ccccc3cc21.c1ccc(-c2nc3ccc(-c4ccc5oc6ccccc6c5c4)cc3nc2-c2ccccc2)cc1.c1ccc2cc(-c3ccc(-c4nc5ccccc5nc4-c4ccc5oc6ccccc6c5c4)cc3)ccc2c1. The van der Waals surface area contributed by atoms with Crippen LogP contribution in [-0.4, -0.2) is 29.9 Å². The molecule has 7 aromatic heterocycles. The van der Waals surface area contributed by atoms with E-state index in [1.807, 2.05) is 134 Å². The minimum absolute atomic E-state index is 0.121. The van der Waals surface area contributed by atoms with E-state index >= 15 is 0 Å². The van der Waals surface area contributed by atoms with Crippen LogP contribution in [0, 0.1) is 0 Å². The molecule has 16 aromatic carbocycles. The smallest absolute Gasteiger partial charge is 0.135 e. The predicted molar refractivity (Wildman–Crippen MR) is 477 cm³/mol. The van der Waals surface area contributed by atoms with Crippen LogP contribution in [0.25, 0.3) is 221 Å². The number of nitrogens with zero attached hydrogens (tertiary/aromatic N) is 6. The number of para-hydroxylation sites is 5. The molecule has 1 aliphatic rings. The molecule has 0 radical (unpaired) electrons. The number of fused-ring (bicyclic) bond motifs is 17. The van der Waals surface area contributed by atoms with Crippen LogP contribution in [0.2, 0.25) is 0 Å². The molecule has 0 N–H and O–H groups in total. The summed E-state index contributed by atoms with van der Waals surface area (Å²) in [5, 5.41) is 12.7. The van der Waals surface area contributed by atoms with Gasteiger partial charge in [-0.05, 0) is 200 Å². The molecule has 0 saturated heterocycles. The topological polar surface area (TPSA) is 117 Å².